The fourth-order valence-corrected chi connectivity index (χ4v) is 5.39. The molecule has 4 nitrogen and oxygen atoms in total. The molecule has 0 aliphatic carbocycles. The average Bonchev–Trinajstić information content (AvgIpc) is 2.78. The summed E-state index contributed by atoms with van der Waals surface area (Å²) in [5.41, 5.74) is 1.95. The number of carbonyl (C=O) groups is 1. The molecule has 0 heterocycles. The van der Waals surface area contributed by atoms with E-state index in [2.05, 4.69) is 19.9 Å². The van der Waals surface area contributed by atoms with Crippen LogP contribution in [0.5, 0.6) is 0 Å². The number of carbonyl (C=O) groups excluding carboxylic acids is 1. The third kappa shape index (κ3) is 9.41. The Morgan fingerprint density at radius 1 is 0.750 bits per heavy atom. The molecular formula is C27H42O4S. The molecule has 2 rings (SSSR count). The van der Waals surface area contributed by atoms with Crippen molar-refractivity contribution in [3.63, 3.8) is 0 Å². The topological polar surface area (TPSA) is 71.4 Å². The molecule has 0 unspecified atom stereocenters. The SMILES string of the molecule is C=O.CCCCCCCCc1cc2ccccc2c(S(=O)(=O)O)c1CCCCCCCC. The van der Waals surface area contributed by atoms with E-state index in [4.69, 9.17) is 4.79 Å². The summed E-state index contributed by atoms with van der Waals surface area (Å²) in [5, 5.41) is 1.55. The van der Waals surface area contributed by atoms with Gasteiger partial charge < -0.3 is 4.79 Å². The van der Waals surface area contributed by atoms with Crippen molar-refractivity contribution in [3.8, 4) is 0 Å². The van der Waals surface area contributed by atoms with E-state index < -0.39 is 10.1 Å². The highest BCUT2D eigenvalue weighted by atomic mass is 32.2. The van der Waals surface area contributed by atoms with E-state index in [1.54, 1.807) is 0 Å². The molecule has 0 fully saturated rings. The fourth-order valence-electron chi connectivity index (χ4n) is 4.38. The molecule has 2 aromatic rings. The molecule has 2 aromatic carbocycles. The quantitative estimate of drug-likeness (QED) is 0.217. The summed E-state index contributed by atoms with van der Waals surface area (Å²) in [6, 6.07) is 9.69. The number of unbranched alkanes of at least 4 members (excludes halogenated alkanes) is 10. The minimum Gasteiger partial charge on any atom is -0.307 e. The van der Waals surface area contributed by atoms with E-state index in [1.807, 2.05) is 31.1 Å². The van der Waals surface area contributed by atoms with Gasteiger partial charge in [-0.15, -0.1) is 0 Å². The van der Waals surface area contributed by atoms with E-state index in [1.165, 1.54) is 57.8 Å². The van der Waals surface area contributed by atoms with Crippen LogP contribution in [0.4, 0.5) is 0 Å². The second-order valence-electron chi connectivity index (χ2n) is 8.58. The van der Waals surface area contributed by atoms with Gasteiger partial charge in [-0.25, -0.2) is 0 Å². The van der Waals surface area contributed by atoms with Crippen molar-refractivity contribution in [3.05, 3.63) is 41.5 Å². The Bertz CT molecular complexity index is 890. The van der Waals surface area contributed by atoms with Gasteiger partial charge in [-0.05, 0) is 42.2 Å². The molecule has 0 radical (unpaired) electrons. The molecule has 5 heteroatoms. The van der Waals surface area contributed by atoms with Gasteiger partial charge in [0, 0.05) is 5.39 Å². The van der Waals surface area contributed by atoms with Crippen LogP contribution in [0.1, 0.15) is 102 Å². The van der Waals surface area contributed by atoms with E-state index in [0.717, 1.165) is 48.6 Å². The molecular weight excluding hydrogens is 420 g/mol. The molecule has 0 aliphatic rings. The summed E-state index contributed by atoms with van der Waals surface area (Å²) in [7, 11) is -4.28. The van der Waals surface area contributed by atoms with Crippen molar-refractivity contribution in [1.29, 1.82) is 0 Å². The van der Waals surface area contributed by atoms with E-state index in [0.29, 0.717) is 5.39 Å². The van der Waals surface area contributed by atoms with Crippen LogP contribution in [0.25, 0.3) is 10.8 Å². The largest absolute Gasteiger partial charge is 0.307 e. The summed E-state index contributed by atoms with van der Waals surface area (Å²) in [4.78, 5) is 8.15. The summed E-state index contributed by atoms with van der Waals surface area (Å²) < 4.78 is 34.9. The van der Waals surface area contributed by atoms with E-state index in [9.17, 15) is 13.0 Å². The first kappa shape index (κ1) is 28.3. The Hall–Kier alpha value is -1.72. The summed E-state index contributed by atoms with van der Waals surface area (Å²) in [6.07, 6.45) is 15.9. The number of benzene rings is 2. The molecule has 32 heavy (non-hydrogen) atoms. The smallest absolute Gasteiger partial charge is 0.295 e. The van der Waals surface area contributed by atoms with Crippen molar-refractivity contribution < 1.29 is 17.8 Å². The van der Waals surface area contributed by atoms with Crippen LogP contribution in [0.2, 0.25) is 0 Å². The molecule has 0 aromatic heterocycles. The number of fused-ring (bicyclic) bond motifs is 1. The summed E-state index contributed by atoms with van der Waals surface area (Å²) >= 11 is 0. The van der Waals surface area contributed by atoms with Gasteiger partial charge >= 0.3 is 0 Å². The maximum atomic E-state index is 12.4. The van der Waals surface area contributed by atoms with Gasteiger partial charge in [0.05, 0.1) is 0 Å². The van der Waals surface area contributed by atoms with Gasteiger partial charge in [-0.2, -0.15) is 8.42 Å². The lowest BCUT2D eigenvalue weighted by Crippen LogP contribution is -2.08. The standard InChI is InChI=1S/C26H40O3S.CH2O/c1-3-5-7-9-11-13-17-22-21-23-18-15-16-20-25(23)26(30(27,28)29)24(22)19-14-12-10-8-6-4-2;1-2/h15-16,18,20-21H,3-14,17,19H2,1-2H3,(H,27,28,29);1H2. The van der Waals surface area contributed by atoms with Crippen molar-refractivity contribution >= 4 is 27.7 Å². The highest BCUT2D eigenvalue weighted by molar-refractivity contribution is 7.86. The summed E-state index contributed by atoms with van der Waals surface area (Å²) in [5.74, 6) is 0. The minimum absolute atomic E-state index is 0.148. The number of hydrogen-bond acceptors (Lipinski definition) is 3. The highest BCUT2D eigenvalue weighted by Crippen LogP contribution is 2.32. The first-order chi connectivity index (χ1) is 15.5. The van der Waals surface area contributed by atoms with Crippen LogP contribution in [0.3, 0.4) is 0 Å². The first-order valence-electron chi connectivity index (χ1n) is 12.3. The molecule has 0 saturated carbocycles. The van der Waals surface area contributed by atoms with Gasteiger partial charge in [0.1, 0.15) is 11.7 Å². The zero-order chi connectivity index (χ0) is 23.8. The van der Waals surface area contributed by atoms with Crippen molar-refractivity contribution in [2.75, 3.05) is 0 Å². The van der Waals surface area contributed by atoms with Crippen LogP contribution in [-0.4, -0.2) is 19.8 Å². The molecule has 0 aliphatic heterocycles. The number of rotatable bonds is 15. The molecule has 0 bridgehead atoms. The van der Waals surface area contributed by atoms with Crippen molar-refractivity contribution in [2.45, 2.75) is 109 Å². The molecule has 0 spiro atoms. The predicted molar refractivity (Wildman–Crippen MR) is 135 cm³/mol. The number of hydrogen-bond donors (Lipinski definition) is 1. The molecule has 0 amide bonds. The normalized spacial score (nSPS) is 11.3. The van der Waals surface area contributed by atoms with Crippen LogP contribution >= 0.6 is 0 Å². The Balaban J connectivity index is 0.00000249. The van der Waals surface area contributed by atoms with E-state index in [-0.39, 0.29) is 4.90 Å². The highest BCUT2D eigenvalue weighted by Gasteiger charge is 2.22. The van der Waals surface area contributed by atoms with Gasteiger partial charge in [0.25, 0.3) is 10.1 Å². The van der Waals surface area contributed by atoms with Gasteiger partial charge in [0.2, 0.25) is 0 Å². The van der Waals surface area contributed by atoms with Crippen molar-refractivity contribution in [1.82, 2.24) is 0 Å². The Morgan fingerprint density at radius 2 is 1.25 bits per heavy atom. The lowest BCUT2D eigenvalue weighted by atomic mass is 9.93. The third-order valence-electron chi connectivity index (χ3n) is 6.03. The van der Waals surface area contributed by atoms with Crippen LogP contribution in [0, 0.1) is 0 Å². The van der Waals surface area contributed by atoms with Crippen LogP contribution in [0.15, 0.2) is 35.2 Å². The molecule has 0 atom stereocenters. The zero-order valence-electron chi connectivity index (χ0n) is 20.1. The number of aryl methyl sites for hydroxylation is 1. The van der Waals surface area contributed by atoms with Crippen LogP contribution < -0.4 is 0 Å². The second kappa shape index (κ2) is 16.0. The maximum absolute atomic E-state index is 12.4. The van der Waals surface area contributed by atoms with Crippen LogP contribution in [-0.2, 0) is 27.8 Å². The Kier molecular flexibility index (Phi) is 14.1. The molecule has 1 N–H and O–H groups in total. The Morgan fingerprint density at radius 3 is 1.81 bits per heavy atom. The average molecular weight is 463 g/mol. The lowest BCUT2D eigenvalue weighted by Gasteiger charge is -2.17. The fraction of sp³-hybridized carbons (Fsp3) is 0.593. The Labute approximate surface area is 195 Å². The van der Waals surface area contributed by atoms with Crippen molar-refractivity contribution in [2.24, 2.45) is 0 Å². The second-order valence-corrected chi connectivity index (χ2v) is 9.93. The van der Waals surface area contributed by atoms with Gasteiger partial charge in [-0.1, -0.05) is 108 Å². The zero-order valence-corrected chi connectivity index (χ0v) is 20.9. The van der Waals surface area contributed by atoms with Gasteiger partial charge in [-0.3, -0.25) is 4.55 Å². The monoisotopic (exact) mass is 462 g/mol. The molecule has 180 valence electrons. The molecule has 0 saturated heterocycles. The van der Waals surface area contributed by atoms with E-state index >= 15 is 0 Å². The predicted octanol–water partition coefficient (Wildman–Crippen LogP) is 7.71. The van der Waals surface area contributed by atoms with Gasteiger partial charge in [0.15, 0.2) is 0 Å². The lowest BCUT2D eigenvalue weighted by molar-refractivity contribution is -0.0980. The third-order valence-corrected chi connectivity index (χ3v) is 7.02. The minimum atomic E-state index is -4.28. The summed E-state index contributed by atoms with van der Waals surface area (Å²) in [6.45, 7) is 6.43. The first-order valence-corrected chi connectivity index (χ1v) is 13.7. The maximum Gasteiger partial charge on any atom is 0.295 e.